The maximum Gasteiger partial charge on any atom is 0.251 e. The van der Waals surface area contributed by atoms with Gasteiger partial charge < -0.3 is 15.2 Å². The van der Waals surface area contributed by atoms with Crippen molar-refractivity contribution in [2.45, 2.75) is 25.5 Å². The summed E-state index contributed by atoms with van der Waals surface area (Å²) in [6.45, 7) is 6.73. The van der Waals surface area contributed by atoms with E-state index in [0.29, 0.717) is 25.3 Å². The summed E-state index contributed by atoms with van der Waals surface area (Å²) in [5.74, 6) is 5.53. The second-order valence-electron chi connectivity index (χ2n) is 7.52. The van der Waals surface area contributed by atoms with E-state index < -0.39 is 5.60 Å². The summed E-state index contributed by atoms with van der Waals surface area (Å²) in [4.78, 5) is 19.4. The molecule has 6 heteroatoms. The van der Waals surface area contributed by atoms with E-state index in [1.807, 2.05) is 18.2 Å². The minimum absolute atomic E-state index is 0.000903. The maximum absolute atomic E-state index is 12.6. The highest BCUT2D eigenvalue weighted by Crippen LogP contribution is 2.19. The van der Waals surface area contributed by atoms with E-state index >= 15 is 0 Å². The molecule has 1 saturated heterocycles. The molecule has 2 heterocycles. The summed E-state index contributed by atoms with van der Waals surface area (Å²) >= 11 is 0. The van der Waals surface area contributed by atoms with E-state index in [4.69, 9.17) is 4.74 Å². The van der Waals surface area contributed by atoms with Crippen molar-refractivity contribution in [2.24, 2.45) is 0 Å². The zero-order chi connectivity index (χ0) is 20.7. The Hall–Kier alpha value is -2.72. The van der Waals surface area contributed by atoms with Crippen molar-refractivity contribution >= 4 is 5.91 Å². The van der Waals surface area contributed by atoms with E-state index in [0.717, 1.165) is 24.3 Å². The summed E-state index contributed by atoms with van der Waals surface area (Å²) in [5.41, 5.74) is 1.21. The topological polar surface area (TPSA) is 74.7 Å². The van der Waals surface area contributed by atoms with Gasteiger partial charge in [0.2, 0.25) is 0 Å². The molecule has 6 nitrogen and oxygen atoms in total. The minimum Gasteiger partial charge on any atom is -0.379 e. The molecule has 0 bridgehead atoms. The zero-order valence-electron chi connectivity index (χ0n) is 16.9. The number of carbonyl (C=O) groups excluding carboxylic acids is 1. The Kier molecular flexibility index (Phi) is 6.99. The van der Waals surface area contributed by atoms with Crippen LogP contribution in [0.2, 0.25) is 0 Å². The Labute approximate surface area is 171 Å². The standard InChI is InChI=1S/C23H27N3O3/c1-23(2,28)11-10-18-6-8-19(9-7-18)22(27)25-17-21(20-5-3-4-12-24-20)26-13-15-29-16-14-26/h3-9,12,21,28H,13-17H2,1-2H3,(H,25,27). The first-order valence-electron chi connectivity index (χ1n) is 9.79. The van der Waals surface area contributed by atoms with Crippen molar-refractivity contribution in [3.05, 3.63) is 65.5 Å². The van der Waals surface area contributed by atoms with Crippen LogP contribution in [-0.4, -0.2) is 59.3 Å². The molecule has 1 unspecified atom stereocenters. The summed E-state index contributed by atoms with van der Waals surface area (Å²) in [7, 11) is 0. The zero-order valence-corrected chi connectivity index (χ0v) is 16.9. The number of hydrogen-bond donors (Lipinski definition) is 2. The maximum atomic E-state index is 12.6. The first-order chi connectivity index (χ1) is 13.9. The third-order valence-electron chi connectivity index (χ3n) is 4.63. The minimum atomic E-state index is -1.05. The Morgan fingerprint density at radius 1 is 1.24 bits per heavy atom. The van der Waals surface area contributed by atoms with Crippen LogP contribution in [-0.2, 0) is 4.74 Å². The first kappa shape index (κ1) is 21.0. The number of aliphatic hydroxyl groups is 1. The predicted molar refractivity (Wildman–Crippen MR) is 111 cm³/mol. The average molecular weight is 393 g/mol. The molecule has 0 saturated carbocycles. The fourth-order valence-corrected chi connectivity index (χ4v) is 3.10. The van der Waals surface area contributed by atoms with Crippen LogP contribution in [0, 0.1) is 11.8 Å². The van der Waals surface area contributed by atoms with Gasteiger partial charge in [0, 0.05) is 37.0 Å². The quantitative estimate of drug-likeness (QED) is 0.760. The molecule has 1 fully saturated rings. The molecule has 0 radical (unpaired) electrons. The second kappa shape index (κ2) is 9.66. The summed E-state index contributed by atoms with van der Waals surface area (Å²) in [6, 6.07) is 12.9. The number of ether oxygens (including phenoxy) is 1. The van der Waals surface area contributed by atoms with Crippen LogP contribution in [0.5, 0.6) is 0 Å². The molecule has 1 amide bonds. The lowest BCUT2D eigenvalue weighted by Gasteiger charge is -2.34. The highest BCUT2D eigenvalue weighted by molar-refractivity contribution is 5.94. The molecule has 1 aliphatic rings. The number of benzene rings is 1. The molecule has 1 atom stereocenters. The number of morpholine rings is 1. The number of aromatic nitrogens is 1. The van der Waals surface area contributed by atoms with Crippen LogP contribution in [0.1, 0.15) is 41.5 Å². The van der Waals surface area contributed by atoms with Gasteiger partial charge in [-0.05, 0) is 50.2 Å². The third kappa shape index (κ3) is 6.40. The van der Waals surface area contributed by atoms with Crippen molar-refractivity contribution in [1.82, 2.24) is 15.2 Å². The monoisotopic (exact) mass is 393 g/mol. The molecular formula is C23H27N3O3. The number of hydrogen-bond acceptors (Lipinski definition) is 5. The van der Waals surface area contributed by atoms with Gasteiger partial charge in [-0.1, -0.05) is 17.9 Å². The summed E-state index contributed by atoms with van der Waals surface area (Å²) in [5, 5.41) is 12.7. The highest BCUT2D eigenvalue weighted by atomic mass is 16.5. The molecule has 3 rings (SSSR count). The highest BCUT2D eigenvalue weighted by Gasteiger charge is 2.24. The van der Waals surface area contributed by atoms with Crippen LogP contribution in [0.4, 0.5) is 0 Å². The molecule has 2 N–H and O–H groups in total. The van der Waals surface area contributed by atoms with Crippen LogP contribution < -0.4 is 5.32 Å². The van der Waals surface area contributed by atoms with Crippen LogP contribution in [0.15, 0.2) is 48.7 Å². The molecule has 0 spiro atoms. The van der Waals surface area contributed by atoms with Gasteiger partial charge in [0.05, 0.1) is 24.9 Å². The fraction of sp³-hybridized carbons (Fsp3) is 0.391. The Balaban J connectivity index is 1.66. The number of nitrogens with zero attached hydrogens (tertiary/aromatic N) is 2. The van der Waals surface area contributed by atoms with E-state index in [-0.39, 0.29) is 11.9 Å². The van der Waals surface area contributed by atoms with Gasteiger partial charge in [-0.25, -0.2) is 0 Å². The lowest BCUT2D eigenvalue weighted by atomic mass is 10.1. The first-order valence-corrected chi connectivity index (χ1v) is 9.79. The molecule has 152 valence electrons. The van der Waals surface area contributed by atoms with Crippen molar-refractivity contribution in [1.29, 1.82) is 0 Å². The normalized spacial score (nSPS) is 15.8. The Morgan fingerprint density at radius 2 is 1.97 bits per heavy atom. The van der Waals surface area contributed by atoms with Gasteiger partial charge in [-0.2, -0.15) is 0 Å². The molecule has 0 aliphatic carbocycles. The molecule has 1 aliphatic heterocycles. The van der Waals surface area contributed by atoms with Crippen molar-refractivity contribution in [3.63, 3.8) is 0 Å². The van der Waals surface area contributed by atoms with E-state index in [1.54, 1.807) is 44.3 Å². The Bertz CT molecular complexity index is 858. The number of rotatable bonds is 5. The van der Waals surface area contributed by atoms with Gasteiger partial charge >= 0.3 is 0 Å². The van der Waals surface area contributed by atoms with Gasteiger partial charge in [0.15, 0.2) is 0 Å². The molecule has 1 aromatic heterocycles. The number of nitrogens with one attached hydrogen (secondary N) is 1. The second-order valence-corrected chi connectivity index (χ2v) is 7.52. The number of carbonyl (C=O) groups is 1. The lowest BCUT2D eigenvalue weighted by molar-refractivity contribution is 0.0154. The van der Waals surface area contributed by atoms with Gasteiger partial charge in [-0.3, -0.25) is 14.7 Å². The van der Waals surface area contributed by atoms with Crippen molar-refractivity contribution in [2.75, 3.05) is 32.8 Å². The third-order valence-corrected chi connectivity index (χ3v) is 4.63. The van der Waals surface area contributed by atoms with E-state index in [9.17, 15) is 9.90 Å². The van der Waals surface area contributed by atoms with Crippen LogP contribution in [0.3, 0.4) is 0 Å². The lowest BCUT2D eigenvalue weighted by Crippen LogP contribution is -2.44. The summed E-state index contributed by atoms with van der Waals surface area (Å²) < 4.78 is 5.46. The molecule has 1 aromatic carbocycles. The number of pyridine rings is 1. The fourth-order valence-electron chi connectivity index (χ4n) is 3.10. The largest absolute Gasteiger partial charge is 0.379 e. The van der Waals surface area contributed by atoms with Gasteiger partial charge in [0.1, 0.15) is 5.60 Å². The van der Waals surface area contributed by atoms with Crippen LogP contribution >= 0.6 is 0 Å². The smallest absolute Gasteiger partial charge is 0.251 e. The van der Waals surface area contributed by atoms with Gasteiger partial charge in [-0.15, -0.1) is 0 Å². The molecule has 29 heavy (non-hydrogen) atoms. The van der Waals surface area contributed by atoms with Crippen molar-refractivity contribution in [3.8, 4) is 11.8 Å². The molecular weight excluding hydrogens is 366 g/mol. The average Bonchev–Trinajstić information content (AvgIpc) is 2.74. The number of amides is 1. The van der Waals surface area contributed by atoms with E-state index in [2.05, 4.69) is 27.0 Å². The van der Waals surface area contributed by atoms with Crippen LogP contribution in [0.25, 0.3) is 0 Å². The van der Waals surface area contributed by atoms with Crippen molar-refractivity contribution < 1.29 is 14.6 Å². The Morgan fingerprint density at radius 3 is 2.59 bits per heavy atom. The SMILES string of the molecule is CC(C)(O)C#Cc1ccc(C(=O)NCC(c2ccccn2)N2CCOCC2)cc1. The van der Waals surface area contributed by atoms with E-state index in [1.165, 1.54) is 0 Å². The summed E-state index contributed by atoms with van der Waals surface area (Å²) in [6.07, 6.45) is 1.78. The van der Waals surface area contributed by atoms with Gasteiger partial charge in [0.25, 0.3) is 5.91 Å². The molecule has 2 aromatic rings. The predicted octanol–water partition coefficient (Wildman–Crippen LogP) is 2.01.